The van der Waals surface area contributed by atoms with Gasteiger partial charge < -0.3 is 5.73 Å². The fraction of sp³-hybridized carbons (Fsp3) is 0.769. The molecule has 3 heteroatoms. The smallest absolute Gasteiger partial charge is 0.134 e. The molecule has 0 aromatic carbocycles. The van der Waals surface area contributed by atoms with Crippen LogP contribution >= 0.6 is 11.3 Å². The summed E-state index contributed by atoms with van der Waals surface area (Å²) >= 11 is 1.74. The second-order valence-electron chi connectivity index (χ2n) is 4.97. The Balaban J connectivity index is 1.81. The van der Waals surface area contributed by atoms with E-state index < -0.39 is 0 Å². The highest BCUT2D eigenvalue weighted by atomic mass is 32.1. The summed E-state index contributed by atoms with van der Waals surface area (Å²) < 4.78 is 0. The molecule has 90 valence electrons. The number of unbranched alkanes of at least 4 members (excludes halogenated alkanes) is 1. The van der Waals surface area contributed by atoms with Crippen molar-refractivity contribution in [1.29, 1.82) is 0 Å². The van der Waals surface area contributed by atoms with Crippen LogP contribution < -0.4 is 5.73 Å². The number of nitrogen functional groups attached to an aromatic ring is 1. The molecule has 0 aliphatic heterocycles. The average molecular weight is 238 g/mol. The van der Waals surface area contributed by atoms with Gasteiger partial charge in [-0.1, -0.05) is 26.2 Å². The van der Waals surface area contributed by atoms with E-state index >= 15 is 0 Å². The van der Waals surface area contributed by atoms with Gasteiger partial charge in [-0.3, -0.25) is 0 Å². The molecular weight excluding hydrogens is 216 g/mol. The van der Waals surface area contributed by atoms with Crippen LogP contribution in [-0.2, 0) is 0 Å². The van der Waals surface area contributed by atoms with Gasteiger partial charge in [0.25, 0.3) is 0 Å². The maximum Gasteiger partial charge on any atom is 0.134 e. The number of nitrogens with two attached hydrogens (primary N) is 1. The summed E-state index contributed by atoms with van der Waals surface area (Å²) in [5, 5.41) is 3.24. The van der Waals surface area contributed by atoms with Gasteiger partial charge in [0.15, 0.2) is 0 Å². The monoisotopic (exact) mass is 238 g/mol. The first-order valence-electron chi connectivity index (χ1n) is 6.50. The highest BCUT2D eigenvalue weighted by Gasteiger charge is 2.23. The van der Waals surface area contributed by atoms with Crippen molar-refractivity contribution in [3.63, 3.8) is 0 Å². The molecule has 1 saturated carbocycles. The van der Waals surface area contributed by atoms with Crippen LogP contribution in [0.1, 0.15) is 62.8 Å². The predicted molar refractivity (Wildman–Crippen MR) is 70.8 cm³/mol. The standard InChI is InChI=1S/C13H22N2S/c1-2-3-4-10-5-7-11(8-6-10)13-15-12(14)9-16-13/h9-11H,2-8,14H2,1H3. The first-order valence-corrected chi connectivity index (χ1v) is 7.38. The van der Waals surface area contributed by atoms with Crippen LogP contribution in [0.15, 0.2) is 5.38 Å². The number of hydrogen-bond acceptors (Lipinski definition) is 3. The second kappa shape index (κ2) is 5.67. The van der Waals surface area contributed by atoms with E-state index in [0.717, 1.165) is 5.92 Å². The lowest BCUT2D eigenvalue weighted by Crippen LogP contribution is -2.13. The van der Waals surface area contributed by atoms with Gasteiger partial charge in [-0.05, 0) is 31.6 Å². The van der Waals surface area contributed by atoms with Gasteiger partial charge in [-0.25, -0.2) is 4.98 Å². The maximum atomic E-state index is 5.68. The average Bonchev–Trinajstić information content (AvgIpc) is 2.74. The molecule has 1 aromatic heterocycles. The summed E-state index contributed by atoms with van der Waals surface area (Å²) in [7, 11) is 0. The van der Waals surface area contributed by atoms with E-state index in [-0.39, 0.29) is 0 Å². The summed E-state index contributed by atoms with van der Waals surface area (Å²) in [6.45, 7) is 2.28. The van der Waals surface area contributed by atoms with Crippen molar-refractivity contribution in [3.05, 3.63) is 10.4 Å². The molecule has 2 nitrogen and oxygen atoms in total. The Morgan fingerprint density at radius 2 is 2.12 bits per heavy atom. The molecule has 1 aromatic rings. The summed E-state index contributed by atoms with van der Waals surface area (Å²) in [5.74, 6) is 2.38. The Morgan fingerprint density at radius 1 is 1.38 bits per heavy atom. The van der Waals surface area contributed by atoms with Gasteiger partial charge in [0.2, 0.25) is 0 Å². The molecule has 16 heavy (non-hydrogen) atoms. The van der Waals surface area contributed by atoms with E-state index in [9.17, 15) is 0 Å². The van der Waals surface area contributed by atoms with Gasteiger partial charge in [0.05, 0.1) is 5.01 Å². The minimum atomic E-state index is 0.695. The number of thiazole rings is 1. The van der Waals surface area contributed by atoms with Gasteiger partial charge in [-0.2, -0.15) is 0 Å². The number of anilines is 1. The minimum absolute atomic E-state index is 0.695. The summed E-state index contributed by atoms with van der Waals surface area (Å²) in [4.78, 5) is 4.42. The van der Waals surface area contributed by atoms with Crippen LogP contribution in [-0.4, -0.2) is 4.98 Å². The van der Waals surface area contributed by atoms with Crippen molar-refractivity contribution in [2.45, 2.75) is 57.8 Å². The van der Waals surface area contributed by atoms with Crippen LogP contribution in [0, 0.1) is 5.92 Å². The summed E-state index contributed by atoms with van der Waals surface area (Å²) in [6.07, 6.45) is 9.60. The highest BCUT2D eigenvalue weighted by Crippen LogP contribution is 2.38. The molecule has 0 amide bonds. The molecule has 0 saturated heterocycles. The molecule has 0 unspecified atom stereocenters. The normalized spacial score (nSPS) is 25.8. The zero-order valence-corrected chi connectivity index (χ0v) is 10.9. The topological polar surface area (TPSA) is 38.9 Å². The zero-order chi connectivity index (χ0) is 11.4. The van der Waals surface area contributed by atoms with E-state index in [1.54, 1.807) is 11.3 Å². The SMILES string of the molecule is CCCCC1CCC(c2nc(N)cs2)CC1. The molecular formula is C13H22N2S. The van der Waals surface area contributed by atoms with Crippen molar-refractivity contribution < 1.29 is 0 Å². The lowest BCUT2D eigenvalue weighted by Gasteiger charge is -2.27. The fourth-order valence-corrected chi connectivity index (χ4v) is 3.56. The highest BCUT2D eigenvalue weighted by molar-refractivity contribution is 7.10. The number of hydrogen-bond donors (Lipinski definition) is 1. The van der Waals surface area contributed by atoms with Crippen molar-refractivity contribution in [2.75, 3.05) is 5.73 Å². The minimum Gasteiger partial charge on any atom is -0.383 e. The molecule has 2 N–H and O–H groups in total. The van der Waals surface area contributed by atoms with E-state index in [0.29, 0.717) is 11.7 Å². The molecule has 0 bridgehead atoms. The molecule has 2 rings (SSSR count). The number of nitrogens with zero attached hydrogens (tertiary/aromatic N) is 1. The zero-order valence-electron chi connectivity index (χ0n) is 10.1. The summed E-state index contributed by atoms with van der Waals surface area (Å²) in [6, 6.07) is 0. The van der Waals surface area contributed by atoms with E-state index in [1.165, 1.54) is 50.0 Å². The molecule has 0 radical (unpaired) electrons. The third-order valence-electron chi connectivity index (χ3n) is 3.70. The van der Waals surface area contributed by atoms with Gasteiger partial charge in [-0.15, -0.1) is 11.3 Å². The van der Waals surface area contributed by atoms with Crippen LogP contribution in [0.2, 0.25) is 0 Å². The Kier molecular flexibility index (Phi) is 4.22. The maximum absolute atomic E-state index is 5.68. The van der Waals surface area contributed by atoms with Crippen molar-refractivity contribution in [1.82, 2.24) is 4.98 Å². The lowest BCUT2D eigenvalue weighted by molar-refractivity contribution is 0.304. The Bertz CT molecular complexity index is 313. The van der Waals surface area contributed by atoms with Crippen LogP contribution in [0.25, 0.3) is 0 Å². The van der Waals surface area contributed by atoms with Crippen LogP contribution in [0.3, 0.4) is 0 Å². The molecule has 1 fully saturated rings. The molecule has 0 spiro atoms. The van der Waals surface area contributed by atoms with Crippen molar-refractivity contribution in [2.24, 2.45) is 5.92 Å². The largest absolute Gasteiger partial charge is 0.383 e. The van der Waals surface area contributed by atoms with E-state index in [1.807, 2.05) is 5.38 Å². The van der Waals surface area contributed by atoms with Gasteiger partial charge in [0, 0.05) is 11.3 Å². The lowest BCUT2D eigenvalue weighted by atomic mass is 9.80. The first kappa shape index (κ1) is 11.9. The fourth-order valence-electron chi connectivity index (χ4n) is 2.68. The molecule has 0 atom stereocenters. The predicted octanol–water partition coefficient (Wildman–Crippen LogP) is 4.19. The molecule has 1 heterocycles. The third-order valence-corrected chi connectivity index (χ3v) is 4.73. The summed E-state index contributed by atoms with van der Waals surface area (Å²) in [5.41, 5.74) is 5.68. The van der Waals surface area contributed by atoms with Crippen molar-refractivity contribution >= 4 is 17.2 Å². The Morgan fingerprint density at radius 3 is 2.69 bits per heavy atom. The second-order valence-corrected chi connectivity index (χ2v) is 5.86. The third kappa shape index (κ3) is 2.97. The quantitative estimate of drug-likeness (QED) is 0.854. The number of aromatic nitrogens is 1. The Hall–Kier alpha value is -0.570. The van der Waals surface area contributed by atoms with Crippen LogP contribution in [0.4, 0.5) is 5.82 Å². The number of rotatable bonds is 4. The van der Waals surface area contributed by atoms with Gasteiger partial charge in [0.1, 0.15) is 5.82 Å². The van der Waals surface area contributed by atoms with Crippen molar-refractivity contribution in [3.8, 4) is 0 Å². The van der Waals surface area contributed by atoms with Gasteiger partial charge >= 0.3 is 0 Å². The molecule has 1 aliphatic carbocycles. The first-order chi connectivity index (χ1) is 7.79. The molecule has 1 aliphatic rings. The van der Waals surface area contributed by atoms with E-state index in [4.69, 9.17) is 5.73 Å². The Labute approximate surface area is 102 Å². The van der Waals surface area contributed by atoms with Crippen LogP contribution in [0.5, 0.6) is 0 Å². The van der Waals surface area contributed by atoms with E-state index in [2.05, 4.69) is 11.9 Å².